The molecule has 2 rings (SSSR count). The van der Waals surface area contributed by atoms with E-state index in [1.807, 2.05) is 0 Å². The third-order valence-corrected chi connectivity index (χ3v) is 4.67. The number of nitrogens with two attached hydrogens (primary N) is 1. The molecule has 1 fully saturated rings. The first kappa shape index (κ1) is 13.6. The third kappa shape index (κ3) is 2.08. The second-order valence-corrected chi connectivity index (χ2v) is 6.45. The molecular weight excluding hydrogens is 222 g/mol. The van der Waals surface area contributed by atoms with Gasteiger partial charge in [-0.05, 0) is 29.9 Å². The molecule has 2 atom stereocenters. The SMILES string of the molecule is CC(C)Cc1ccc(C2(C)CC2(CN)CO)cc1. The van der Waals surface area contributed by atoms with Crippen molar-refractivity contribution in [1.82, 2.24) is 0 Å². The van der Waals surface area contributed by atoms with Crippen molar-refractivity contribution in [2.24, 2.45) is 17.1 Å². The van der Waals surface area contributed by atoms with Crippen molar-refractivity contribution >= 4 is 0 Å². The molecule has 2 heteroatoms. The number of aliphatic hydroxyl groups is 1. The van der Waals surface area contributed by atoms with Gasteiger partial charge in [-0.1, -0.05) is 45.0 Å². The van der Waals surface area contributed by atoms with Gasteiger partial charge >= 0.3 is 0 Å². The van der Waals surface area contributed by atoms with Crippen LogP contribution in [0.5, 0.6) is 0 Å². The van der Waals surface area contributed by atoms with E-state index >= 15 is 0 Å². The van der Waals surface area contributed by atoms with E-state index in [1.54, 1.807) is 0 Å². The van der Waals surface area contributed by atoms with E-state index in [0.717, 1.165) is 12.8 Å². The summed E-state index contributed by atoms with van der Waals surface area (Å²) in [5.41, 5.74) is 8.50. The quantitative estimate of drug-likeness (QED) is 0.839. The molecule has 0 bridgehead atoms. The summed E-state index contributed by atoms with van der Waals surface area (Å²) in [5, 5.41) is 9.55. The molecule has 0 aliphatic heterocycles. The molecule has 0 saturated heterocycles. The van der Waals surface area contributed by atoms with E-state index in [9.17, 15) is 5.11 Å². The predicted octanol–water partition coefficient (Wildman–Crippen LogP) is 2.48. The molecule has 3 N–H and O–H groups in total. The Bertz CT molecular complexity index is 406. The van der Waals surface area contributed by atoms with Gasteiger partial charge in [-0.15, -0.1) is 0 Å². The zero-order valence-electron chi connectivity index (χ0n) is 11.7. The molecule has 18 heavy (non-hydrogen) atoms. The van der Waals surface area contributed by atoms with Crippen LogP contribution in [0.1, 0.15) is 38.3 Å². The Kier molecular flexibility index (Phi) is 3.52. The van der Waals surface area contributed by atoms with Gasteiger partial charge < -0.3 is 10.8 Å². The topological polar surface area (TPSA) is 46.2 Å². The summed E-state index contributed by atoms with van der Waals surface area (Å²) in [7, 11) is 0. The van der Waals surface area contributed by atoms with Crippen LogP contribution in [0, 0.1) is 11.3 Å². The van der Waals surface area contributed by atoms with E-state index in [2.05, 4.69) is 45.0 Å². The molecular formula is C16H25NO. The highest BCUT2D eigenvalue weighted by Crippen LogP contribution is 2.63. The van der Waals surface area contributed by atoms with Crippen LogP contribution in [0.15, 0.2) is 24.3 Å². The van der Waals surface area contributed by atoms with Crippen molar-refractivity contribution in [3.05, 3.63) is 35.4 Å². The molecule has 2 unspecified atom stereocenters. The number of aliphatic hydroxyl groups excluding tert-OH is 1. The van der Waals surface area contributed by atoms with E-state index in [0.29, 0.717) is 12.5 Å². The van der Waals surface area contributed by atoms with Crippen molar-refractivity contribution in [3.8, 4) is 0 Å². The summed E-state index contributed by atoms with van der Waals surface area (Å²) in [5.74, 6) is 0.688. The molecule has 1 aromatic carbocycles. The van der Waals surface area contributed by atoms with E-state index < -0.39 is 0 Å². The van der Waals surface area contributed by atoms with Gasteiger partial charge in [0.1, 0.15) is 0 Å². The van der Waals surface area contributed by atoms with Crippen molar-refractivity contribution in [3.63, 3.8) is 0 Å². The Balaban J connectivity index is 2.16. The Hall–Kier alpha value is -0.860. The summed E-state index contributed by atoms with van der Waals surface area (Å²) in [6.45, 7) is 7.44. The van der Waals surface area contributed by atoms with E-state index in [4.69, 9.17) is 5.73 Å². The Morgan fingerprint density at radius 2 is 1.89 bits per heavy atom. The molecule has 0 aromatic heterocycles. The fraction of sp³-hybridized carbons (Fsp3) is 0.625. The second kappa shape index (κ2) is 4.67. The monoisotopic (exact) mass is 247 g/mol. The molecule has 1 aliphatic rings. The van der Waals surface area contributed by atoms with Gasteiger partial charge in [0, 0.05) is 17.4 Å². The van der Waals surface area contributed by atoms with Crippen LogP contribution >= 0.6 is 0 Å². The molecule has 0 heterocycles. The highest BCUT2D eigenvalue weighted by Gasteiger charge is 2.63. The molecule has 0 amide bonds. The number of hydrogen-bond donors (Lipinski definition) is 2. The fourth-order valence-electron chi connectivity index (χ4n) is 3.11. The van der Waals surface area contributed by atoms with Crippen LogP contribution < -0.4 is 5.73 Å². The average molecular weight is 247 g/mol. The number of rotatable bonds is 5. The molecule has 0 spiro atoms. The van der Waals surface area contributed by atoms with Crippen molar-refractivity contribution < 1.29 is 5.11 Å². The van der Waals surface area contributed by atoms with Crippen molar-refractivity contribution in [2.45, 2.75) is 39.0 Å². The minimum Gasteiger partial charge on any atom is -0.396 e. The van der Waals surface area contributed by atoms with Crippen LogP contribution in [-0.2, 0) is 11.8 Å². The standard InChI is InChI=1S/C16H25NO/c1-12(2)8-13-4-6-14(7-5-13)15(3)9-16(15,10-17)11-18/h4-7,12,18H,8-11,17H2,1-3H3. The second-order valence-electron chi connectivity index (χ2n) is 6.45. The van der Waals surface area contributed by atoms with Gasteiger partial charge in [-0.3, -0.25) is 0 Å². The lowest BCUT2D eigenvalue weighted by molar-refractivity contribution is 0.198. The lowest BCUT2D eigenvalue weighted by Crippen LogP contribution is -2.27. The summed E-state index contributed by atoms with van der Waals surface area (Å²) in [6, 6.07) is 8.87. The lowest BCUT2D eigenvalue weighted by atomic mass is 9.87. The van der Waals surface area contributed by atoms with Gasteiger partial charge in [0.15, 0.2) is 0 Å². The van der Waals surface area contributed by atoms with Crippen molar-refractivity contribution in [1.29, 1.82) is 0 Å². The molecule has 1 aromatic rings. The zero-order chi connectivity index (χ0) is 13.4. The van der Waals surface area contributed by atoms with E-state index in [-0.39, 0.29) is 17.4 Å². The first-order chi connectivity index (χ1) is 8.47. The predicted molar refractivity (Wildman–Crippen MR) is 75.5 cm³/mol. The van der Waals surface area contributed by atoms with Crippen LogP contribution in [0.3, 0.4) is 0 Å². The van der Waals surface area contributed by atoms with Gasteiger partial charge in [-0.25, -0.2) is 0 Å². The summed E-state index contributed by atoms with van der Waals surface area (Å²) < 4.78 is 0. The van der Waals surface area contributed by atoms with Crippen LogP contribution in [0.25, 0.3) is 0 Å². The Morgan fingerprint density at radius 3 is 2.28 bits per heavy atom. The highest BCUT2D eigenvalue weighted by atomic mass is 16.3. The molecule has 100 valence electrons. The number of hydrogen-bond acceptors (Lipinski definition) is 2. The average Bonchev–Trinajstić information content (AvgIpc) is 2.97. The summed E-state index contributed by atoms with van der Waals surface area (Å²) >= 11 is 0. The van der Waals surface area contributed by atoms with E-state index in [1.165, 1.54) is 11.1 Å². The zero-order valence-corrected chi connectivity index (χ0v) is 11.7. The molecule has 1 saturated carbocycles. The van der Waals surface area contributed by atoms with Gasteiger partial charge in [0.25, 0.3) is 0 Å². The maximum atomic E-state index is 9.55. The normalized spacial score (nSPS) is 30.8. The number of benzene rings is 1. The highest BCUT2D eigenvalue weighted by molar-refractivity contribution is 5.39. The van der Waals surface area contributed by atoms with Crippen LogP contribution in [-0.4, -0.2) is 18.3 Å². The fourth-order valence-corrected chi connectivity index (χ4v) is 3.11. The summed E-state index contributed by atoms with van der Waals surface area (Å²) in [6.07, 6.45) is 2.12. The lowest BCUT2D eigenvalue weighted by Gasteiger charge is -2.20. The maximum Gasteiger partial charge on any atom is 0.0508 e. The largest absolute Gasteiger partial charge is 0.396 e. The minimum atomic E-state index is -0.0907. The van der Waals surface area contributed by atoms with Crippen LogP contribution in [0.4, 0.5) is 0 Å². The molecule has 1 aliphatic carbocycles. The smallest absolute Gasteiger partial charge is 0.0508 e. The van der Waals surface area contributed by atoms with Gasteiger partial charge in [0.05, 0.1) is 6.61 Å². The van der Waals surface area contributed by atoms with Crippen molar-refractivity contribution in [2.75, 3.05) is 13.2 Å². The first-order valence-corrected chi connectivity index (χ1v) is 6.88. The van der Waals surface area contributed by atoms with Gasteiger partial charge in [0.2, 0.25) is 0 Å². The minimum absolute atomic E-state index is 0.0624. The van der Waals surface area contributed by atoms with Gasteiger partial charge in [-0.2, -0.15) is 0 Å². The summed E-state index contributed by atoms with van der Waals surface area (Å²) in [4.78, 5) is 0. The maximum absolute atomic E-state index is 9.55. The first-order valence-electron chi connectivity index (χ1n) is 6.88. The van der Waals surface area contributed by atoms with Crippen LogP contribution in [0.2, 0.25) is 0 Å². The third-order valence-electron chi connectivity index (χ3n) is 4.67. The molecule has 0 radical (unpaired) electrons. The Morgan fingerprint density at radius 1 is 1.28 bits per heavy atom. The Labute approximate surface area is 110 Å². The molecule has 2 nitrogen and oxygen atoms in total.